The van der Waals surface area contributed by atoms with Crippen LogP contribution < -0.4 is 20.1 Å². The molecule has 0 aromatic heterocycles. The quantitative estimate of drug-likeness (QED) is 0.291. The lowest BCUT2D eigenvalue weighted by Gasteiger charge is -2.32. The molecule has 0 radical (unpaired) electrons. The molecule has 1 aromatic rings. The molecule has 1 aliphatic heterocycles. The van der Waals surface area contributed by atoms with Gasteiger partial charge in [-0.2, -0.15) is 8.78 Å². The van der Waals surface area contributed by atoms with Gasteiger partial charge in [-0.25, -0.2) is 4.99 Å². The number of guanidine groups is 1. The number of likely N-dealkylation sites (tertiary alicyclic amines) is 1. The molecule has 9 heteroatoms. The van der Waals surface area contributed by atoms with Crippen molar-refractivity contribution in [2.24, 2.45) is 4.99 Å². The van der Waals surface area contributed by atoms with Crippen LogP contribution in [0.4, 0.5) is 8.78 Å². The van der Waals surface area contributed by atoms with E-state index in [9.17, 15) is 8.78 Å². The Morgan fingerprint density at radius 3 is 2.59 bits per heavy atom. The van der Waals surface area contributed by atoms with Crippen LogP contribution in [0.5, 0.6) is 11.5 Å². The van der Waals surface area contributed by atoms with E-state index in [0.717, 1.165) is 39.0 Å². The Kier molecular flexibility index (Phi) is 12.2. The summed E-state index contributed by atoms with van der Waals surface area (Å²) < 4.78 is 35.2. The number of nitrogens with zero attached hydrogens (tertiary/aromatic N) is 2. The fourth-order valence-electron chi connectivity index (χ4n) is 3.29. The van der Waals surface area contributed by atoms with Gasteiger partial charge in [0.1, 0.15) is 11.5 Å². The summed E-state index contributed by atoms with van der Waals surface area (Å²) in [6.07, 6.45) is 3.30. The molecule has 1 heterocycles. The van der Waals surface area contributed by atoms with Gasteiger partial charge in [0.15, 0.2) is 5.96 Å². The molecule has 6 nitrogen and oxygen atoms in total. The second-order valence-electron chi connectivity index (χ2n) is 6.81. The number of rotatable bonds is 9. The van der Waals surface area contributed by atoms with Crippen LogP contribution in [-0.4, -0.2) is 56.8 Å². The smallest absolute Gasteiger partial charge is 0.387 e. The third-order valence-corrected chi connectivity index (χ3v) is 4.71. The Labute approximate surface area is 189 Å². The summed E-state index contributed by atoms with van der Waals surface area (Å²) in [4.78, 5) is 7.05. The number of hydrogen-bond acceptors (Lipinski definition) is 4. The average molecular weight is 526 g/mol. The molecule has 1 aliphatic rings. The Bertz CT molecular complexity index is 626. The number of alkyl halides is 2. The zero-order valence-corrected chi connectivity index (χ0v) is 19.7. The third kappa shape index (κ3) is 8.90. The highest BCUT2D eigenvalue weighted by Crippen LogP contribution is 2.27. The fourth-order valence-corrected chi connectivity index (χ4v) is 3.29. The van der Waals surface area contributed by atoms with Gasteiger partial charge in [0.25, 0.3) is 0 Å². The number of nitrogens with one attached hydrogen (secondary N) is 2. The van der Waals surface area contributed by atoms with Crippen LogP contribution >= 0.6 is 24.0 Å². The normalized spacial score (nSPS) is 15.7. The maximum absolute atomic E-state index is 12.7. The molecule has 1 saturated heterocycles. The van der Waals surface area contributed by atoms with Crippen molar-refractivity contribution in [3.05, 3.63) is 23.8 Å². The Morgan fingerprint density at radius 1 is 1.28 bits per heavy atom. The van der Waals surface area contributed by atoms with Gasteiger partial charge >= 0.3 is 6.61 Å². The summed E-state index contributed by atoms with van der Waals surface area (Å²) >= 11 is 0. The Morgan fingerprint density at radius 2 is 2.00 bits per heavy atom. The first kappa shape index (κ1) is 25.7. The van der Waals surface area contributed by atoms with Gasteiger partial charge in [0.05, 0.1) is 13.7 Å². The van der Waals surface area contributed by atoms with Crippen LogP contribution in [0.3, 0.4) is 0 Å². The Hall–Kier alpha value is -1.36. The lowest BCUT2D eigenvalue weighted by Crippen LogP contribution is -2.48. The van der Waals surface area contributed by atoms with Crippen LogP contribution in [0.2, 0.25) is 0 Å². The summed E-state index contributed by atoms with van der Waals surface area (Å²) in [7, 11) is 1.48. The zero-order chi connectivity index (χ0) is 20.4. The minimum atomic E-state index is -2.89. The number of halogens is 3. The minimum absolute atomic E-state index is 0. The molecule has 0 saturated carbocycles. The molecule has 1 fully saturated rings. The maximum Gasteiger partial charge on any atom is 0.387 e. The van der Waals surface area contributed by atoms with Crippen molar-refractivity contribution in [3.63, 3.8) is 0 Å². The number of aliphatic imine (C=N–C) groups is 1. The first-order valence-electron chi connectivity index (χ1n) is 9.94. The van der Waals surface area contributed by atoms with Gasteiger partial charge in [-0.15, -0.1) is 24.0 Å². The lowest BCUT2D eigenvalue weighted by atomic mass is 10.1. The average Bonchev–Trinajstić information content (AvgIpc) is 2.68. The number of ether oxygens (including phenoxy) is 2. The second-order valence-corrected chi connectivity index (χ2v) is 6.81. The number of piperidine rings is 1. The van der Waals surface area contributed by atoms with Crippen LogP contribution in [-0.2, 0) is 6.54 Å². The lowest BCUT2D eigenvalue weighted by molar-refractivity contribution is -0.0505. The first-order valence-corrected chi connectivity index (χ1v) is 9.94. The summed E-state index contributed by atoms with van der Waals surface area (Å²) in [5.41, 5.74) is 0.580. The van der Waals surface area contributed by atoms with E-state index in [2.05, 4.69) is 32.2 Å². The zero-order valence-electron chi connectivity index (χ0n) is 17.4. The highest BCUT2D eigenvalue weighted by Gasteiger charge is 2.19. The van der Waals surface area contributed by atoms with Crippen molar-refractivity contribution in [1.82, 2.24) is 15.5 Å². The predicted molar refractivity (Wildman–Crippen MR) is 123 cm³/mol. The van der Waals surface area contributed by atoms with Gasteiger partial charge in [-0.05, 0) is 44.9 Å². The molecule has 0 unspecified atom stereocenters. The van der Waals surface area contributed by atoms with Gasteiger partial charge in [0, 0.05) is 37.3 Å². The van der Waals surface area contributed by atoms with E-state index >= 15 is 0 Å². The van der Waals surface area contributed by atoms with E-state index in [0.29, 0.717) is 23.3 Å². The molecule has 166 valence electrons. The molecule has 0 amide bonds. The van der Waals surface area contributed by atoms with Crippen molar-refractivity contribution in [2.45, 2.75) is 52.3 Å². The van der Waals surface area contributed by atoms with Crippen molar-refractivity contribution in [2.75, 3.05) is 33.3 Å². The van der Waals surface area contributed by atoms with Gasteiger partial charge in [0.2, 0.25) is 0 Å². The molecular weight excluding hydrogens is 493 g/mol. The topological polar surface area (TPSA) is 58.1 Å². The SMILES string of the molecule is CCCN1CCC(NC(=NCc2ccc(OC)cc2OC(F)F)NCC)CC1.I. The molecule has 0 spiro atoms. The van der Waals surface area contributed by atoms with E-state index in [-0.39, 0.29) is 36.3 Å². The standard InChI is InChI=1S/C20H32F2N4O2.HI/c1-4-10-26-11-8-16(9-12-26)25-20(23-5-2)24-14-15-6-7-17(27-3)13-18(15)28-19(21)22;/h6-7,13,16,19H,4-5,8-12,14H2,1-3H3,(H2,23,24,25);1H. The highest BCUT2D eigenvalue weighted by atomic mass is 127. The van der Waals surface area contributed by atoms with Crippen molar-refractivity contribution in [3.8, 4) is 11.5 Å². The van der Waals surface area contributed by atoms with Crippen LogP contribution in [0.25, 0.3) is 0 Å². The number of methoxy groups -OCH3 is 1. The third-order valence-electron chi connectivity index (χ3n) is 4.71. The van der Waals surface area contributed by atoms with Crippen LogP contribution in [0, 0.1) is 0 Å². The van der Waals surface area contributed by atoms with Crippen LogP contribution in [0.15, 0.2) is 23.2 Å². The van der Waals surface area contributed by atoms with Gasteiger partial charge in [-0.3, -0.25) is 0 Å². The van der Waals surface area contributed by atoms with Gasteiger partial charge in [-0.1, -0.05) is 6.92 Å². The molecule has 29 heavy (non-hydrogen) atoms. The van der Waals surface area contributed by atoms with Crippen LogP contribution in [0.1, 0.15) is 38.7 Å². The fraction of sp³-hybridized carbons (Fsp3) is 0.650. The predicted octanol–water partition coefficient (Wildman–Crippen LogP) is 3.84. The summed E-state index contributed by atoms with van der Waals surface area (Å²) in [6, 6.07) is 5.24. The maximum atomic E-state index is 12.7. The molecule has 2 rings (SSSR count). The molecule has 0 bridgehead atoms. The van der Waals surface area contributed by atoms with Crippen molar-refractivity contribution < 1.29 is 18.3 Å². The van der Waals surface area contributed by atoms with E-state index in [1.54, 1.807) is 12.1 Å². The number of hydrogen-bond donors (Lipinski definition) is 2. The monoisotopic (exact) mass is 526 g/mol. The largest absolute Gasteiger partial charge is 0.497 e. The first-order chi connectivity index (χ1) is 13.5. The second kappa shape index (κ2) is 13.8. The molecular formula is C20H33F2IN4O2. The Balaban J connectivity index is 0.00000420. The molecule has 1 aromatic carbocycles. The summed E-state index contributed by atoms with van der Waals surface area (Å²) in [5, 5.41) is 6.70. The van der Waals surface area contributed by atoms with Gasteiger partial charge < -0.3 is 25.0 Å². The molecule has 0 atom stereocenters. The number of benzene rings is 1. The van der Waals surface area contributed by atoms with E-state index in [4.69, 9.17) is 4.74 Å². The van der Waals surface area contributed by atoms with E-state index < -0.39 is 6.61 Å². The van der Waals surface area contributed by atoms with Crippen molar-refractivity contribution in [1.29, 1.82) is 0 Å². The van der Waals surface area contributed by atoms with E-state index in [1.807, 2.05) is 6.92 Å². The molecule has 0 aliphatic carbocycles. The highest BCUT2D eigenvalue weighted by molar-refractivity contribution is 14.0. The van der Waals surface area contributed by atoms with E-state index in [1.165, 1.54) is 19.6 Å². The molecule has 2 N–H and O–H groups in total. The summed E-state index contributed by atoms with van der Waals surface area (Å²) in [5.74, 6) is 1.24. The van der Waals surface area contributed by atoms with Crippen molar-refractivity contribution >= 4 is 29.9 Å². The minimum Gasteiger partial charge on any atom is -0.497 e. The summed E-state index contributed by atoms with van der Waals surface area (Å²) in [6.45, 7) is 5.57.